The first-order valence-corrected chi connectivity index (χ1v) is 5.27. The summed E-state index contributed by atoms with van der Waals surface area (Å²) < 4.78 is 0. The molecule has 0 amide bonds. The third-order valence-electron chi connectivity index (χ3n) is 2.28. The minimum absolute atomic E-state index is 0.144. The summed E-state index contributed by atoms with van der Waals surface area (Å²) in [5.41, 5.74) is 1.96. The summed E-state index contributed by atoms with van der Waals surface area (Å²) in [7, 11) is 0. The molecule has 2 aromatic rings. The lowest BCUT2D eigenvalue weighted by atomic mass is 10.3. The predicted molar refractivity (Wildman–Crippen MR) is 67.8 cm³/mol. The van der Waals surface area contributed by atoms with Gasteiger partial charge in [-0.3, -0.25) is 0 Å². The van der Waals surface area contributed by atoms with E-state index in [9.17, 15) is 5.11 Å². The molecule has 86 valence electrons. The number of aromatic nitrogens is 3. The number of nitrogens with zero attached hydrogens (tertiary/aromatic N) is 3. The van der Waals surface area contributed by atoms with E-state index in [4.69, 9.17) is 0 Å². The van der Waals surface area contributed by atoms with Gasteiger partial charge in [0, 0.05) is 0 Å². The number of allylic oxidation sites excluding steroid dienone is 1. The summed E-state index contributed by atoms with van der Waals surface area (Å²) in [5.74, 6) is 0.144. The SMILES string of the molecule is C=Cc1nn(-c2ccccc2O)nc1/C=C\C. The molecule has 2 rings (SSSR count). The second-order valence-electron chi connectivity index (χ2n) is 3.45. The molecule has 1 aromatic heterocycles. The number of benzene rings is 1. The van der Waals surface area contributed by atoms with Gasteiger partial charge in [0.15, 0.2) is 0 Å². The summed E-state index contributed by atoms with van der Waals surface area (Å²) in [6, 6.07) is 6.92. The van der Waals surface area contributed by atoms with Crippen LogP contribution < -0.4 is 0 Å². The molecule has 4 nitrogen and oxygen atoms in total. The van der Waals surface area contributed by atoms with Crippen LogP contribution in [0.2, 0.25) is 0 Å². The van der Waals surface area contributed by atoms with Gasteiger partial charge >= 0.3 is 0 Å². The van der Waals surface area contributed by atoms with Crippen LogP contribution in [0.5, 0.6) is 5.75 Å². The van der Waals surface area contributed by atoms with E-state index in [2.05, 4.69) is 16.8 Å². The van der Waals surface area contributed by atoms with Crippen molar-refractivity contribution in [2.24, 2.45) is 0 Å². The first-order chi connectivity index (χ1) is 8.26. The summed E-state index contributed by atoms with van der Waals surface area (Å²) in [5, 5.41) is 18.3. The molecule has 4 heteroatoms. The van der Waals surface area contributed by atoms with Crippen molar-refractivity contribution < 1.29 is 5.11 Å². The number of hydrogen-bond donors (Lipinski definition) is 1. The van der Waals surface area contributed by atoms with Crippen molar-refractivity contribution in [1.82, 2.24) is 15.0 Å². The molecule has 1 heterocycles. The normalized spacial score (nSPS) is 10.9. The Morgan fingerprint density at radius 1 is 1.24 bits per heavy atom. The van der Waals surface area contributed by atoms with Gasteiger partial charge in [-0.05, 0) is 31.2 Å². The lowest BCUT2D eigenvalue weighted by Gasteiger charge is -2.00. The van der Waals surface area contributed by atoms with Crippen LogP contribution in [0.4, 0.5) is 0 Å². The minimum Gasteiger partial charge on any atom is -0.506 e. The zero-order valence-electron chi connectivity index (χ0n) is 9.54. The first-order valence-electron chi connectivity index (χ1n) is 5.27. The zero-order chi connectivity index (χ0) is 12.3. The Bertz CT molecular complexity index is 570. The van der Waals surface area contributed by atoms with E-state index < -0.39 is 0 Å². The highest BCUT2D eigenvalue weighted by molar-refractivity contribution is 5.58. The number of phenols is 1. The van der Waals surface area contributed by atoms with E-state index in [1.807, 2.05) is 25.1 Å². The quantitative estimate of drug-likeness (QED) is 0.877. The molecule has 0 aliphatic heterocycles. The fraction of sp³-hybridized carbons (Fsp3) is 0.0769. The fourth-order valence-corrected chi connectivity index (χ4v) is 1.49. The predicted octanol–water partition coefficient (Wildman–Crippen LogP) is 2.65. The van der Waals surface area contributed by atoms with Crippen LogP contribution in [0.15, 0.2) is 36.9 Å². The van der Waals surface area contributed by atoms with Crippen molar-refractivity contribution in [2.45, 2.75) is 6.92 Å². The van der Waals surface area contributed by atoms with Gasteiger partial charge in [0.25, 0.3) is 0 Å². The van der Waals surface area contributed by atoms with Crippen molar-refractivity contribution in [1.29, 1.82) is 0 Å². The third-order valence-corrected chi connectivity index (χ3v) is 2.28. The molecule has 0 spiro atoms. The van der Waals surface area contributed by atoms with Crippen LogP contribution in [0.3, 0.4) is 0 Å². The highest BCUT2D eigenvalue weighted by Crippen LogP contribution is 2.20. The Hall–Kier alpha value is -2.36. The van der Waals surface area contributed by atoms with Crippen molar-refractivity contribution in [3.05, 3.63) is 48.3 Å². The monoisotopic (exact) mass is 227 g/mol. The molecular formula is C13H13N3O. The highest BCUT2D eigenvalue weighted by Gasteiger charge is 2.09. The maximum absolute atomic E-state index is 9.72. The third kappa shape index (κ3) is 2.10. The van der Waals surface area contributed by atoms with Crippen molar-refractivity contribution >= 4 is 12.2 Å². The maximum atomic E-state index is 9.72. The van der Waals surface area contributed by atoms with Gasteiger partial charge in [0.1, 0.15) is 22.8 Å². The maximum Gasteiger partial charge on any atom is 0.143 e. The summed E-state index contributed by atoms with van der Waals surface area (Å²) in [6.07, 6.45) is 5.37. The Balaban J connectivity index is 2.54. The molecule has 0 saturated carbocycles. The van der Waals surface area contributed by atoms with Crippen LogP contribution >= 0.6 is 0 Å². The Morgan fingerprint density at radius 3 is 2.59 bits per heavy atom. The molecule has 0 fully saturated rings. The fourth-order valence-electron chi connectivity index (χ4n) is 1.49. The number of hydrogen-bond acceptors (Lipinski definition) is 3. The largest absolute Gasteiger partial charge is 0.506 e. The van der Waals surface area contributed by atoms with E-state index in [-0.39, 0.29) is 5.75 Å². The van der Waals surface area contributed by atoms with E-state index in [1.165, 1.54) is 4.80 Å². The average molecular weight is 227 g/mol. The second kappa shape index (κ2) is 4.65. The molecule has 17 heavy (non-hydrogen) atoms. The lowest BCUT2D eigenvalue weighted by Crippen LogP contribution is -1.99. The molecule has 0 atom stereocenters. The van der Waals surface area contributed by atoms with E-state index in [0.717, 1.165) is 5.69 Å². The van der Waals surface area contributed by atoms with E-state index >= 15 is 0 Å². The Morgan fingerprint density at radius 2 is 1.94 bits per heavy atom. The topological polar surface area (TPSA) is 50.9 Å². The number of phenolic OH excluding ortho intramolecular Hbond substituents is 1. The number of rotatable bonds is 3. The van der Waals surface area contributed by atoms with E-state index in [0.29, 0.717) is 11.4 Å². The van der Waals surface area contributed by atoms with Gasteiger partial charge in [-0.15, -0.1) is 15.0 Å². The van der Waals surface area contributed by atoms with Gasteiger partial charge in [0.2, 0.25) is 0 Å². The standard InChI is InChI=1S/C13H13N3O/c1-3-7-11-10(4-2)14-16(15-11)12-8-5-6-9-13(12)17/h3-9,17H,2H2,1H3/b7-3-. The van der Waals surface area contributed by atoms with Crippen LogP contribution in [-0.2, 0) is 0 Å². The molecule has 0 aliphatic rings. The average Bonchev–Trinajstić information content (AvgIpc) is 2.73. The van der Waals surface area contributed by atoms with Gasteiger partial charge < -0.3 is 5.11 Å². The smallest absolute Gasteiger partial charge is 0.143 e. The van der Waals surface area contributed by atoms with Crippen molar-refractivity contribution in [2.75, 3.05) is 0 Å². The summed E-state index contributed by atoms with van der Waals surface area (Å²) >= 11 is 0. The summed E-state index contributed by atoms with van der Waals surface area (Å²) in [4.78, 5) is 1.40. The molecule has 1 N–H and O–H groups in total. The Labute approximate surface area is 99.5 Å². The zero-order valence-corrected chi connectivity index (χ0v) is 9.54. The number of aromatic hydroxyl groups is 1. The second-order valence-corrected chi connectivity index (χ2v) is 3.45. The van der Waals surface area contributed by atoms with Crippen LogP contribution in [0.25, 0.3) is 17.8 Å². The van der Waals surface area contributed by atoms with Crippen molar-refractivity contribution in [3.63, 3.8) is 0 Å². The summed E-state index contributed by atoms with van der Waals surface area (Å²) in [6.45, 7) is 5.60. The lowest BCUT2D eigenvalue weighted by molar-refractivity contribution is 0.467. The molecule has 0 radical (unpaired) electrons. The molecule has 1 aromatic carbocycles. The molecule has 0 bridgehead atoms. The van der Waals surface area contributed by atoms with Crippen LogP contribution in [-0.4, -0.2) is 20.1 Å². The highest BCUT2D eigenvalue weighted by atomic mass is 16.3. The minimum atomic E-state index is 0.144. The molecule has 0 saturated heterocycles. The number of para-hydroxylation sites is 2. The molecule has 0 unspecified atom stereocenters. The van der Waals surface area contributed by atoms with Crippen molar-refractivity contribution in [3.8, 4) is 11.4 Å². The van der Waals surface area contributed by atoms with Crippen LogP contribution in [0.1, 0.15) is 18.3 Å². The first kappa shape index (κ1) is 11.1. The van der Waals surface area contributed by atoms with Gasteiger partial charge in [0.05, 0.1) is 0 Å². The Kier molecular flexibility index (Phi) is 3.05. The van der Waals surface area contributed by atoms with Gasteiger partial charge in [-0.25, -0.2) is 0 Å². The van der Waals surface area contributed by atoms with Crippen LogP contribution in [0, 0.1) is 0 Å². The molecule has 0 aliphatic carbocycles. The van der Waals surface area contributed by atoms with E-state index in [1.54, 1.807) is 24.3 Å². The van der Waals surface area contributed by atoms with Gasteiger partial charge in [-0.2, -0.15) is 0 Å². The van der Waals surface area contributed by atoms with Gasteiger partial charge in [-0.1, -0.05) is 24.8 Å². The molecular weight excluding hydrogens is 214 g/mol.